The highest BCUT2D eigenvalue weighted by Crippen LogP contribution is 2.34. The number of nitriles is 1. The second kappa shape index (κ2) is 11.3. The van der Waals surface area contributed by atoms with E-state index in [1.54, 1.807) is 29.5 Å². The molecule has 0 aliphatic carbocycles. The van der Waals surface area contributed by atoms with Crippen molar-refractivity contribution in [1.82, 2.24) is 9.97 Å². The Morgan fingerprint density at radius 1 is 1.16 bits per heavy atom. The van der Waals surface area contributed by atoms with Crippen LogP contribution in [0.15, 0.2) is 60.1 Å². The standard InChI is InChI=1S/C26H25N5O3S2.CH4/c1-36(32,33)31(10-9-27)22-4-2-3-20(16-22)23-18-35-24-17-28-25(29-26(23)24)15-19-5-7-21(8-6-19)30-11-13-34-14-12-30;/h2-8,16-18H,10-15H2,1H3;1H4. The Labute approximate surface area is 221 Å². The van der Waals surface area contributed by atoms with Gasteiger partial charge in [0.25, 0.3) is 0 Å². The smallest absolute Gasteiger partial charge is 0.233 e. The molecule has 10 heteroatoms. The van der Waals surface area contributed by atoms with E-state index in [0.29, 0.717) is 12.1 Å². The molecule has 5 rings (SSSR count). The average Bonchev–Trinajstić information content (AvgIpc) is 3.31. The molecule has 1 aliphatic heterocycles. The van der Waals surface area contributed by atoms with Crippen molar-refractivity contribution in [2.24, 2.45) is 0 Å². The van der Waals surface area contributed by atoms with Crippen molar-refractivity contribution < 1.29 is 13.2 Å². The highest BCUT2D eigenvalue weighted by atomic mass is 32.2. The first kappa shape index (κ1) is 26.5. The zero-order valence-corrected chi connectivity index (χ0v) is 21.4. The largest absolute Gasteiger partial charge is 0.378 e. The maximum Gasteiger partial charge on any atom is 0.233 e. The summed E-state index contributed by atoms with van der Waals surface area (Å²) in [4.78, 5) is 11.8. The minimum atomic E-state index is -3.58. The summed E-state index contributed by atoms with van der Waals surface area (Å²) >= 11 is 1.55. The summed E-state index contributed by atoms with van der Waals surface area (Å²) in [5.41, 5.74) is 5.35. The maximum atomic E-state index is 12.2. The SMILES string of the molecule is C.CS(=O)(=O)N(CC#N)c1cccc(-c2csc3cnc(Cc4ccc(N5CCOCC5)cc4)nc23)c1. The van der Waals surface area contributed by atoms with E-state index in [1.807, 2.05) is 23.7 Å². The first-order valence-corrected chi connectivity index (χ1v) is 14.2. The van der Waals surface area contributed by atoms with Crippen molar-refractivity contribution >= 4 is 43.0 Å². The molecule has 2 aromatic heterocycles. The summed E-state index contributed by atoms with van der Waals surface area (Å²) in [6.07, 6.45) is 3.55. The molecule has 3 heterocycles. The van der Waals surface area contributed by atoms with Crippen LogP contribution < -0.4 is 9.21 Å². The minimum Gasteiger partial charge on any atom is -0.378 e. The molecular formula is C27H29N5O3S2. The lowest BCUT2D eigenvalue weighted by Crippen LogP contribution is -2.36. The Kier molecular flexibility index (Phi) is 8.07. The molecular weight excluding hydrogens is 506 g/mol. The van der Waals surface area contributed by atoms with Gasteiger partial charge in [0.05, 0.1) is 41.4 Å². The van der Waals surface area contributed by atoms with Gasteiger partial charge in [-0.15, -0.1) is 11.3 Å². The van der Waals surface area contributed by atoms with E-state index in [1.165, 1.54) is 5.69 Å². The number of hydrogen-bond acceptors (Lipinski definition) is 8. The van der Waals surface area contributed by atoms with Crippen LogP contribution in [0.25, 0.3) is 21.3 Å². The number of benzene rings is 2. The Balaban J connectivity index is 0.00000320. The number of aromatic nitrogens is 2. The van der Waals surface area contributed by atoms with Crippen molar-refractivity contribution in [2.75, 3.05) is 48.3 Å². The lowest BCUT2D eigenvalue weighted by Gasteiger charge is -2.28. The minimum absolute atomic E-state index is 0. The van der Waals surface area contributed by atoms with Crippen LogP contribution in [-0.4, -0.2) is 57.5 Å². The van der Waals surface area contributed by atoms with Crippen LogP contribution in [0.2, 0.25) is 0 Å². The van der Waals surface area contributed by atoms with Crippen LogP contribution in [-0.2, 0) is 21.2 Å². The number of rotatable bonds is 7. The summed E-state index contributed by atoms with van der Waals surface area (Å²) in [5.74, 6) is 0.722. The zero-order valence-electron chi connectivity index (χ0n) is 19.8. The van der Waals surface area contributed by atoms with E-state index in [0.717, 1.165) is 69.6 Å². The van der Waals surface area contributed by atoms with Gasteiger partial charge in [-0.05, 0) is 35.4 Å². The summed E-state index contributed by atoms with van der Waals surface area (Å²) in [7, 11) is -3.58. The first-order chi connectivity index (χ1) is 17.4. The van der Waals surface area contributed by atoms with Crippen LogP contribution in [0.5, 0.6) is 0 Å². The first-order valence-electron chi connectivity index (χ1n) is 11.5. The number of fused-ring (bicyclic) bond motifs is 1. The van der Waals surface area contributed by atoms with Crippen molar-refractivity contribution in [1.29, 1.82) is 5.26 Å². The van der Waals surface area contributed by atoms with Crippen LogP contribution >= 0.6 is 11.3 Å². The van der Waals surface area contributed by atoms with Crippen molar-refractivity contribution in [3.63, 3.8) is 0 Å². The van der Waals surface area contributed by atoms with E-state index in [4.69, 9.17) is 15.0 Å². The topological polar surface area (TPSA) is 99.4 Å². The van der Waals surface area contributed by atoms with Gasteiger partial charge in [-0.25, -0.2) is 18.4 Å². The molecule has 0 saturated carbocycles. The van der Waals surface area contributed by atoms with Gasteiger partial charge < -0.3 is 9.64 Å². The van der Waals surface area contributed by atoms with Crippen molar-refractivity contribution in [3.8, 4) is 17.2 Å². The summed E-state index contributed by atoms with van der Waals surface area (Å²) in [5, 5.41) is 11.1. The summed E-state index contributed by atoms with van der Waals surface area (Å²) in [6.45, 7) is 3.07. The summed E-state index contributed by atoms with van der Waals surface area (Å²) in [6, 6.07) is 17.6. The Hall–Kier alpha value is -3.52. The molecule has 8 nitrogen and oxygen atoms in total. The molecule has 1 aliphatic rings. The maximum absolute atomic E-state index is 12.2. The molecule has 0 spiro atoms. The summed E-state index contributed by atoms with van der Waals surface area (Å²) < 4.78 is 31.9. The molecule has 37 heavy (non-hydrogen) atoms. The Morgan fingerprint density at radius 2 is 1.92 bits per heavy atom. The highest BCUT2D eigenvalue weighted by Gasteiger charge is 2.19. The van der Waals surface area contributed by atoms with Crippen molar-refractivity contribution in [2.45, 2.75) is 13.8 Å². The van der Waals surface area contributed by atoms with E-state index < -0.39 is 10.0 Å². The van der Waals surface area contributed by atoms with E-state index in [-0.39, 0.29) is 14.0 Å². The Bertz CT molecular complexity index is 1520. The number of thiophene rings is 1. The molecule has 0 radical (unpaired) electrons. The third kappa shape index (κ3) is 5.91. The van der Waals surface area contributed by atoms with Crippen molar-refractivity contribution in [3.05, 3.63) is 71.5 Å². The van der Waals surface area contributed by atoms with Gasteiger partial charge in [0, 0.05) is 42.3 Å². The molecule has 0 N–H and O–H groups in total. The molecule has 1 saturated heterocycles. The quantitative estimate of drug-likeness (QED) is 0.316. The number of hydrogen-bond donors (Lipinski definition) is 0. The van der Waals surface area contributed by atoms with Crippen LogP contribution in [0.1, 0.15) is 18.8 Å². The third-order valence-electron chi connectivity index (χ3n) is 6.10. The van der Waals surface area contributed by atoms with Gasteiger partial charge in [0.15, 0.2) is 0 Å². The van der Waals surface area contributed by atoms with Gasteiger partial charge in [-0.2, -0.15) is 5.26 Å². The van der Waals surface area contributed by atoms with E-state index >= 15 is 0 Å². The highest BCUT2D eigenvalue weighted by molar-refractivity contribution is 7.92. The van der Waals surface area contributed by atoms with Gasteiger partial charge in [0.1, 0.15) is 12.4 Å². The fraction of sp³-hybridized carbons (Fsp3) is 0.296. The average molecular weight is 536 g/mol. The second-order valence-electron chi connectivity index (χ2n) is 8.57. The molecule has 2 aromatic carbocycles. The Morgan fingerprint density at radius 3 is 2.62 bits per heavy atom. The molecule has 1 fully saturated rings. The predicted octanol–water partition coefficient (Wildman–Crippen LogP) is 4.71. The fourth-order valence-corrected chi connectivity index (χ4v) is 5.94. The lowest BCUT2D eigenvalue weighted by atomic mass is 10.1. The molecule has 0 amide bonds. The number of nitrogens with zero attached hydrogens (tertiary/aromatic N) is 5. The van der Waals surface area contributed by atoms with E-state index in [9.17, 15) is 8.42 Å². The molecule has 0 unspecified atom stereocenters. The fourth-order valence-electron chi connectivity index (χ4n) is 4.28. The van der Waals surface area contributed by atoms with Gasteiger partial charge in [-0.3, -0.25) is 4.31 Å². The third-order valence-corrected chi connectivity index (χ3v) is 8.15. The number of sulfonamides is 1. The molecule has 0 bridgehead atoms. The number of morpholine rings is 1. The predicted molar refractivity (Wildman–Crippen MR) is 150 cm³/mol. The van der Waals surface area contributed by atoms with Gasteiger partial charge in [0.2, 0.25) is 10.0 Å². The number of anilines is 2. The molecule has 0 atom stereocenters. The van der Waals surface area contributed by atoms with Crippen LogP contribution in [0.4, 0.5) is 11.4 Å². The zero-order chi connectivity index (χ0) is 25.1. The monoisotopic (exact) mass is 535 g/mol. The lowest BCUT2D eigenvalue weighted by molar-refractivity contribution is 0.122. The van der Waals surface area contributed by atoms with E-state index in [2.05, 4.69) is 34.1 Å². The van der Waals surface area contributed by atoms with Gasteiger partial charge >= 0.3 is 0 Å². The van der Waals surface area contributed by atoms with Crippen LogP contribution in [0, 0.1) is 11.3 Å². The molecule has 4 aromatic rings. The normalized spacial score (nSPS) is 13.7. The van der Waals surface area contributed by atoms with Crippen LogP contribution in [0.3, 0.4) is 0 Å². The second-order valence-corrected chi connectivity index (χ2v) is 11.4. The van der Waals surface area contributed by atoms with Gasteiger partial charge in [-0.1, -0.05) is 31.7 Å². The number of ether oxygens (including phenoxy) is 1. The molecule has 192 valence electrons.